The molecule has 36 heavy (non-hydrogen) atoms. The van der Waals surface area contributed by atoms with Crippen LogP contribution >= 0.6 is 0 Å². The monoisotopic (exact) mass is 515 g/mol. The lowest BCUT2D eigenvalue weighted by Gasteiger charge is -2.27. The number of piperidine rings is 1. The van der Waals surface area contributed by atoms with E-state index < -0.39 is 39.8 Å². The van der Waals surface area contributed by atoms with Gasteiger partial charge in [-0.25, -0.2) is 0 Å². The van der Waals surface area contributed by atoms with Crippen LogP contribution < -0.4 is 10.6 Å². The summed E-state index contributed by atoms with van der Waals surface area (Å²) in [5.41, 5.74) is 2.04. The van der Waals surface area contributed by atoms with Crippen molar-refractivity contribution in [2.45, 2.75) is 37.1 Å². The second-order valence-electron chi connectivity index (χ2n) is 8.55. The van der Waals surface area contributed by atoms with Crippen molar-refractivity contribution in [3.05, 3.63) is 58.7 Å². The molecule has 11 nitrogen and oxygen atoms in total. The Labute approximate surface area is 207 Å². The van der Waals surface area contributed by atoms with Gasteiger partial charge in [-0.05, 0) is 43.5 Å². The number of hydrogen-bond donors (Lipinski definition) is 3. The molecule has 1 saturated heterocycles. The van der Waals surface area contributed by atoms with Gasteiger partial charge in [0.25, 0.3) is 21.9 Å². The lowest BCUT2D eigenvalue weighted by Crippen LogP contribution is -2.54. The van der Waals surface area contributed by atoms with Gasteiger partial charge in [-0.3, -0.25) is 33.9 Å². The Hall–Kier alpha value is -3.61. The van der Waals surface area contributed by atoms with E-state index in [2.05, 4.69) is 10.6 Å². The molecule has 0 saturated carbocycles. The zero-order chi connectivity index (χ0) is 26.0. The Morgan fingerprint density at radius 1 is 1.11 bits per heavy atom. The number of nitrogens with zero attached hydrogens (tertiary/aromatic N) is 1. The van der Waals surface area contributed by atoms with E-state index in [1.54, 1.807) is 24.3 Å². The van der Waals surface area contributed by atoms with Gasteiger partial charge in [0, 0.05) is 18.7 Å². The van der Waals surface area contributed by atoms with Crippen LogP contribution in [0, 0.1) is 6.92 Å². The Morgan fingerprint density at radius 2 is 1.89 bits per heavy atom. The normalized spacial score (nSPS) is 17.8. The van der Waals surface area contributed by atoms with Gasteiger partial charge in [0.05, 0.1) is 29.2 Å². The van der Waals surface area contributed by atoms with Gasteiger partial charge in [0.1, 0.15) is 6.04 Å². The molecule has 2 aromatic carbocycles. The third-order valence-electron chi connectivity index (χ3n) is 6.04. The number of aryl methyl sites for hydroxylation is 1. The average Bonchev–Trinajstić information content (AvgIpc) is 3.06. The number of carbonyl (C=O) groups excluding carboxylic acids is 4. The van der Waals surface area contributed by atoms with Crippen molar-refractivity contribution in [3.63, 3.8) is 0 Å². The molecule has 0 radical (unpaired) electrons. The molecule has 0 bridgehead atoms. The summed E-state index contributed by atoms with van der Waals surface area (Å²) in [5, 5.41) is 5.23. The van der Waals surface area contributed by atoms with Gasteiger partial charge in [0.2, 0.25) is 11.8 Å². The number of benzene rings is 2. The van der Waals surface area contributed by atoms with Crippen LogP contribution in [0.25, 0.3) is 0 Å². The quantitative estimate of drug-likeness (QED) is 0.254. The number of amides is 4. The number of fused-ring (bicyclic) bond motifs is 1. The molecule has 4 rings (SSSR count). The van der Waals surface area contributed by atoms with Crippen LogP contribution in [-0.4, -0.2) is 67.3 Å². The maximum atomic E-state index is 13.1. The molecule has 190 valence electrons. The minimum atomic E-state index is -4.34. The first kappa shape index (κ1) is 25.5. The van der Waals surface area contributed by atoms with E-state index in [4.69, 9.17) is 4.74 Å². The third kappa shape index (κ3) is 5.15. The van der Waals surface area contributed by atoms with Crippen molar-refractivity contribution in [3.8, 4) is 0 Å². The number of ether oxygens (including phenoxy) is 1. The molecule has 0 aliphatic carbocycles. The van der Waals surface area contributed by atoms with E-state index in [9.17, 15) is 32.1 Å². The highest BCUT2D eigenvalue weighted by Gasteiger charge is 2.45. The predicted octanol–water partition coefficient (Wildman–Crippen LogP) is 1.31. The molecular formula is C24H25N3O8S. The van der Waals surface area contributed by atoms with E-state index in [0.717, 1.165) is 10.5 Å². The number of anilines is 1. The van der Waals surface area contributed by atoms with Crippen LogP contribution in [0.1, 0.15) is 44.7 Å². The first-order valence-corrected chi connectivity index (χ1v) is 12.7. The highest BCUT2D eigenvalue weighted by molar-refractivity contribution is 7.85. The van der Waals surface area contributed by atoms with Crippen LogP contribution in [0.2, 0.25) is 0 Å². The molecular weight excluding hydrogens is 490 g/mol. The summed E-state index contributed by atoms with van der Waals surface area (Å²) in [6, 6.07) is 8.36. The van der Waals surface area contributed by atoms with E-state index in [1.165, 1.54) is 12.1 Å². The molecule has 3 N–H and O–H groups in total. The maximum absolute atomic E-state index is 13.1. The average molecular weight is 516 g/mol. The number of imide groups is 2. The molecule has 1 fully saturated rings. The predicted molar refractivity (Wildman–Crippen MR) is 127 cm³/mol. The molecule has 2 aromatic rings. The standard InChI is InChI=1S/C24H25N3O8S/c1-14-5-7-19(36(32,33)34)15(13-14)9-11-35-12-10-25-17-4-2-3-16-21(17)24(31)27(23(16)30)18-6-8-20(28)26-22(18)29/h2-5,7,13,18,25H,6,8-12H2,1H3,(H,26,28,29)(H,32,33,34). The van der Waals surface area contributed by atoms with Gasteiger partial charge in [-0.2, -0.15) is 8.42 Å². The zero-order valence-corrected chi connectivity index (χ0v) is 20.3. The van der Waals surface area contributed by atoms with Gasteiger partial charge < -0.3 is 10.1 Å². The smallest absolute Gasteiger partial charge is 0.294 e. The minimum Gasteiger partial charge on any atom is -0.382 e. The summed E-state index contributed by atoms with van der Waals surface area (Å²) < 4.78 is 38.1. The van der Waals surface area contributed by atoms with Crippen molar-refractivity contribution in [2.24, 2.45) is 0 Å². The van der Waals surface area contributed by atoms with Crippen LogP contribution in [0.4, 0.5) is 5.69 Å². The van der Waals surface area contributed by atoms with E-state index in [1.807, 2.05) is 6.92 Å². The SMILES string of the molecule is Cc1ccc(S(=O)(=O)O)c(CCOCCNc2cccc3c2C(=O)N(C2CCC(=O)NC2=O)C3=O)c1. The summed E-state index contributed by atoms with van der Waals surface area (Å²) in [5.74, 6) is -2.30. The van der Waals surface area contributed by atoms with Crippen molar-refractivity contribution >= 4 is 39.4 Å². The summed E-state index contributed by atoms with van der Waals surface area (Å²) >= 11 is 0. The van der Waals surface area contributed by atoms with Crippen molar-refractivity contribution < 1.29 is 36.9 Å². The zero-order valence-electron chi connectivity index (χ0n) is 19.4. The van der Waals surface area contributed by atoms with Crippen LogP contribution in [-0.2, 0) is 30.9 Å². The lowest BCUT2D eigenvalue weighted by molar-refractivity contribution is -0.136. The van der Waals surface area contributed by atoms with Gasteiger partial charge in [0.15, 0.2) is 0 Å². The highest BCUT2D eigenvalue weighted by atomic mass is 32.2. The van der Waals surface area contributed by atoms with Crippen molar-refractivity contribution in [2.75, 3.05) is 25.1 Å². The molecule has 0 aromatic heterocycles. The summed E-state index contributed by atoms with van der Waals surface area (Å²) in [7, 11) is -4.34. The summed E-state index contributed by atoms with van der Waals surface area (Å²) in [4.78, 5) is 50.4. The van der Waals surface area contributed by atoms with Crippen LogP contribution in [0.5, 0.6) is 0 Å². The fraction of sp³-hybridized carbons (Fsp3) is 0.333. The molecule has 2 aliphatic heterocycles. The van der Waals surface area contributed by atoms with Gasteiger partial charge >= 0.3 is 0 Å². The molecule has 0 spiro atoms. The maximum Gasteiger partial charge on any atom is 0.294 e. The number of rotatable bonds is 9. The lowest BCUT2D eigenvalue weighted by atomic mass is 10.0. The second-order valence-corrected chi connectivity index (χ2v) is 9.94. The molecule has 2 heterocycles. The Bertz CT molecular complexity index is 1360. The van der Waals surface area contributed by atoms with Crippen molar-refractivity contribution in [1.82, 2.24) is 10.2 Å². The number of hydrogen-bond acceptors (Lipinski definition) is 8. The molecule has 4 amide bonds. The largest absolute Gasteiger partial charge is 0.382 e. The Kier molecular flexibility index (Phi) is 7.20. The van der Waals surface area contributed by atoms with Gasteiger partial charge in [-0.15, -0.1) is 0 Å². The van der Waals surface area contributed by atoms with Crippen molar-refractivity contribution in [1.29, 1.82) is 0 Å². The van der Waals surface area contributed by atoms with E-state index >= 15 is 0 Å². The molecule has 1 atom stereocenters. The van der Waals surface area contributed by atoms with E-state index in [-0.39, 0.29) is 55.0 Å². The topological polar surface area (TPSA) is 159 Å². The van der Waals surface area contributed by atoms with E-state index in [0.29, 0.717) is 11.3 Å². The summed E-state index contributed by atoms with van der Waals surface area (Å²) in [6.45, 7) is 2.51. The highest BCUT2D eigenvalue weighted by Crippen LogP contribution is 2.32. The molecule has 12 heteroatoms. The van der Waals surface area contributed by atoms with Crippen LogP contribution in [0.15, 0.2) is 41.3 Å². The molecule has 2 aliphatic rings. The fourth-order valence-corrected chi connectivity index (χ4v) is 5.09. The fourth-order valence-electron chi connectivity index (χ4n) is 4.36. The molecule has 1 unspecified atom stereocenters. The Balaban J connectivity index is 1.35. The number of nitrogens with one attached hydrogen (secondary N) is 2. The first-order chi connectivity index (χ1) is 17.1. The third-order valence-corrected chi connectivity index (χ3v) is 6.99. The Morgan fingerprint density at radius 3 is 2.61 bits per heavy atom. The van der Waals surface area contributed by atoms with Gasteiger partial charge in [-0.1, -0.05) is 23.8 Å². The first-order valence-electron chi connectivity index (χ1n) is 11.3. The second kappa shape index (κ2) is 10.2. The minimum absolute atomic E-state index is 0.0422. The van der Waals surface area contributed by atoms with Crippen LogP contribution in [0.3, 0.4) is 0 Å². The summed E-state index contributed by atoms with van der Waals surface area (Å²) in [6.07, 6.45) is 0.388. The number of carbonyl (C=O) groups is 4.